The summed E-state index contributed by atoms with van der Waals surface area (Å²) >= 11 is 0. The maximum absolute atomic E-state index is 12.6. The van der Waals surface area contributed by atoms with Gasteiger partial charge < -0.3 is 5.21 Å². The van der Waals surface area contributed by atoms with E-state index < -0.39 is 11.6 Å². The molecule has 1 aromatic carbocycles. The maximum Gasteiger partial charge on any atom is 0.130 e. The molecule has 0 aromatic heterocycles. The van der Waals surface area contributed by atoms with Gasteiger partial charge in [0.25, 0.3) is 0 Å². The van der Waals surface area contributed by atoms with E-state index in [9.17, 15) is 8.78 Å². The molecule has 1 rings (SSSR count). The fourth-order valence-electron chi connectivity index (χ4n) is 0.750. The predicted octanol–water partition coefficient (Wildman–Crippen LogP) is 1.87. The van der Waals surface area contributed by atoms with Gasteiger partial charge in [0.15, 0.2) is 0 Å². The van der Waals surface area contributed by atoms with Crippen molar-refractivity contribution in [2.45, 2.75) is 6.54 Å². The van der Waals surface area contributed by atoms with E-state index in [-0.39, 0.29) is 24.5 Å². The summed E-state index contributed by atoms with van der Waals surface area (Å²) in [5.41, 5.74) is 2.01. The van der Waals surface area contributed by atoms with Gasteiger partial charge >= 0.3 is 0 Å². The molecule has 0 radical (unpaired) electrons. The minimum atomic E-state index is -0.661. The second-order valence-corrected chi connectivity index (χ2v) is 2.07. The van der Waals surface area contributed by atoms with Crippen LogP contribution in [0.5, 0.6) is 0 Å². The summed E-state index contributed by atoms with van der Waals surface area (Å²) < 4.78 is 24.9. The van der Waals surface area contributed by atoms with Crippen LogP contribution in [0.3, 0.4) is 0 Å². The van der Waals surface area contributed by atoms with Gasteiger partial charge in [0.1, 0.15) is 11.6 Å². The zero-order chi connectivity index (χ0) is 8.27. The van der Waals surface area contributed by atoms with Gasteiger partial charge in [0, 0.05) is 18.2 Å². The summed E-state index contributed by atoms with van der Waals surface area (Å²) in [4.78, 5) is 0. The normalized spacial score (nSPS) is 9.25. The first-order chi connectivity index (χ1) is 5.24. The summed E-state index contributed by atoms with van der Waals surface area (Å²) in [7, 11) is 0. The fourth-order valence-corrected chi connectivity index (χ4v) is 0.750. The molecule has 12 heavy (non-hydrogen) atoms. The molecule has 0 aliphatic heterocycles. The largest absolute Gasteiger partial charge is 0.316 e. The average Bonchev–Trinajstić information content (AvgIpc) is 1.95. The third-order valence-corrected chi connectivity index (χ3v) is 1.28. The Bertz CT molecular complexity index is 257. The third kappa shape index (κ3) is 2.73. The Labute approximate surface area is 74.6 Å². The lowest BCUT2D eigenvalue weighted by atomic mass is 10.2. The Hall–Kier alpha value is -0.710. The molecule has 1 aromatic rings. The van der Waals surface area contributed by atoms with E-state index in [0.29, 0.717) is 0 Å². The molecule has 0 amide bonds. The van der Waals surface area contributed by atoms with Crippen LogP contribution in [0.15, 0.2) is 18.2 Å². The summed E-state index contributed by atoms with van der Waals surface area (Å²) in [6.45, 7) is -0.0217. The second-order valence-electron chi connectivity index (χ2n) is 2.07. The number of hydroxylamine groups is 1. The molecule has 2 nitrogen and oxygen atoms in total. The van der Waals surface area contributed by atoms with E-state index in [0.717, 1.165) is 12.1 Å². The van der Waals surface area contributed by atoms with Crippen LogP contribution in [0.1, 0.15) is 5.56 Å². The van der Waals surface area contributed by atoms with Crippen LogP contribution in [-0.4, -0.2) is 5.21 Å². The Morgan fingerprint density at radius 1 is 1.33 bits per heavy atom. The highest BCUT2D eigenvalue weighted by molar-refractivity contribution is 5.85. The van der Waals surface area contributed by atoms with Gasteiger partial charge in [-0.05, 0) is 6.07 Å². The third-order valence-electron chi connectivity index (χ3n) is 1.28. The summed E-state index contributed by atoms with van der Waals surface area (Å²) in [6.07, 6.45) is 0. The van der Waals surface area contributed by atoms with Crippen molar-refractivity contribution >= 4 is 12.4 Å². The number of rotatable bonds is 2. The Morgan fingerprint density at radius 2 is 2.00 bits per heavy atom. The molecule has 2 N–H and O–H groups in total. The van der Waals surface area contributed by atoms with Crippen molar-refractivity contribution in [1.29, 1.82) is 0 Å². The van der Waals surface area contributed by atoms with E-state index in [1.807, 2.05) is 0 Å². The van der Waals surface area contributed by atoms with Crippen molar-refractivity contribution in [1.82, 2.24) is 5.48 Å². The topological polar surface area (TPSA) is 32.3 Å². The maximum atomic E-state index is 12.6. The van der Waals surface area contributed by atoms with Gasteiger partial charge in [-0.15, -0.1) is 12.4 Å². The molecule has 68 valence electrons. The van der Waals surface area contributed by atoms with Crippen molar-refractivity contribution in [2.24, 2.45) is 0 Å². The first-order valence-electron chi connectivity index (χ1n) is 3.05. The summed E-state index contributed by atoms with van der Waals surface area (Å²) in [5.74, 6) is -1.28. The van der Waals surface area contributed by atoms with Crippen LogP contribution in [-0.2, 0) is 6.54 Å². The first-order valence-corrected chi connectivity index (χ1v) is 3.05. The molecule has 0 aliphatic rings. The molecule has 0 saturated heterocycles. The van der Waals surface area contributed by atoms with Gasteiger partial charge in [-0.3, -0.25) is 0 Å². The van der Waals surface area contributed by atoms with Crippen molar-refractivity contribution in [3.8, 4) is 0 Å². The molecule has 0 fully saturated rings. The van der Waals surface area contributed by atoms with Crippen LogP contribution in [0, 0.1) is 11.6 Å². The fraction of sp³-hybridized carbons (Fsp3) is 0.143. The van der Waals surface area contributed by atoms with Crippen molar-refractivity contribution in [3.63, 3.8) is 0 Å². The molecule has 0 saturated carbocycles. The van der Waals surface area contributed by atoms with E-state index in [4.69, 9.17) is 5.21 Å². The Morgan fingerprint density at radius 3 is 2.50 bits per heavy atom. The Balaban J connectivity index is 0.00000121. The number of halogens is 3. The standard InChI is InChI=1S/C7H7F2NO.ClH/c8-6-2-1-5(4-10-11)7(9)3-6;/h1-3,10-11H,4H2;1H. The van der Waals surface area contributed by atoms with Gasteiger partial charge in [-0.25, -0.2) is 14.3 Å². The second kappa shape index (κ2) is 5.03. The minimum Gasteiger partial charge on any atom is -0.316 e. The molecule has 0 atom stereocenters. The van der Waals surface area contributed by atoms with Crippen LogP contribution < -0.4 is 5.48 Å². The summed E-state index contributed by atoms with van der Waals surface area (Å²) in [5, 5.41) is 8.20. The smallest absolute Gasteiger partial charge is 0.130 e. The molecular formula is C7H8ClF2NO. The minimum absolute atomic E-state index is 0. The van der Waals surface area contributed by atoms with E-state index >= 15 is 0 Å². The zero-order valence-corrected chi connectivity index (χ0v) is 6.87. The van der Waals surface area contributed by atoms with Crippen LogP contribution in [0.25, 0.3) is 0 Å². The molecular weight excluding hydrogens is 188 g/mol. The van der Waals surface area contributed by atoms with Crippen molar-refractivity contribution in [2.75, 3.05) is 0 Å². The highest BCUT2D eigenvalue weighted by Crippen LogP contribution is 2.08. The van der Waals surface area contributed by atoms with Gasteiger partial charge in [-0.2, -0.15) is 0 Å². The monoisotopic (exact) mass is 195 g/mol. The molecule has 0 spiro atoms. The number of hydrogen-bond donors (Lipinski definition) is 2. The van der Waals surface area contributed by atoms with E-state index in [2.05, 4.69) is 0 Å². The number of hydrogen-bond acceptors (Lipinski definition) is 2. The number of nitrogens with one attached hydrogen (secondary N) is 1. The lowest BCUT2D eigenvalue weighted by Crippen LogP contribution is -2.07. The van der Waals surface area contributed by atoms with Gasteiger partial charge in [0.05, 0.1) is 0 Å². The van der Waals surface area contributed by atoms with Crippen LogP contribution >= 0.6 is 12.4 Å². The van der Waals surface area contributed by atoms with Crippen molar-refractivity contribution < 1.29 is 14.0 Å². The quantitative estimate of drug-likeness (QED) is 0.707. The van der Waals surface area contributed by atoms with E-state index in [1.54, 1.807) is 5.48 Å². The Kier molecular flexibility index (Phi) is 4.73. The lowest BCUT2D eigenvalue weighted by Gasteiger charge is -1.99. The van der Waals surface area contributed by atoms with E-state index in [1.165, 1.54) is 6.07 Å². The van der Waals surface area contributed by atoms with Crippen molar-refractivity contribution in [3.05, 3.63) is 35.4 Å². The molecule has 0 aliphatic carbocycles. The molecule has 0 heterocycles. The summed E-state index contributed by atoms with van der Waals surface area (Å²) in [6, 6.07) is 3.18. The SMILES string of the molecule is Cl.ONCc1ccc(F)cc1F. The lowest BCUT2D eigenvalue weighted by molar-refractivity contribution is 0.160. The number of benzene rings is 1. The predicted molar refractivity (Wildman–Crippen MR) is 42.2 cm³/mol. The molecule has 0 bridgehead atoms. The highest BCUT2D eigenvalue weighted by atomic mass is 35.5. The average molecular weight is 196 g/mol. The van der Waals surface area contributed by atoms with Gasteiger partial charge in [-0.1, -0.05) is 6.07 Å². The van der Waals surface area contributed by atoms with Crippen LogP contribution in [0.2, 0.25) is 0 Å². The highest BCUT2D eigenvalue weighted by Gasteiger charge is 2.01. The van der Waals surface area contributed by atoms with Gasteiger partial charge in [0.2, 0.25) is 0 Å². The molecule has 5 heteroatoms. The molecule has 0 unspecified atom stereocenters. The van der Waals surface area contributed by atoms with Crippen LogP contribution in [0.4, 0.5) is 8.78 Å². The zero-order valence-electron chi connectivity index (χ0n) is 6.05. The first kappa shape index (κ1) is 11.3.